The van der Waals surface area contributed by atoms with E-state index >= 15 is 0 Å². The van der Waals surface area contributed by atoms with Crippen molar-refractivity contribution in [2.45, 2.75) is 6.92 Å². The Balaban J connectivity index is 1.69. The highest BCUT2D eigenvalue weighted by Gasteiger charge is 2.23. The molecule has 0 spiro atoms. The van der Waals surface area contributed by atoms with Gasteiger partial charge in [-0.05, 0) is 42.8 Å². The van der Waals surface area contributed by atoms with Gasteiger partial charge in [0.25, 0.3) is 5.91 Å². The van der Waals surface area contributed by atoms with E-state index in [2.05, 4.69) is 27.8 Å². The van der Waals surface area contributed by atoms with E-state index in [0.717, 1.165) is 46.9 Å². The monoisotopic (exact) mass is 392 g/mol. The van der Waals surface area contributed by atoms with Crippen LogP contribution >= 0.6 is 27.5 Å². The quantitative estimate of drug-likeness (QED) is 0.756. The van der Waals surface area contributed by atoms with E-state index in [1.54, 1.807) is 0 Å². The van der Waals surface area contributed by atoms with Crippen LogP contribution in [0.1, 0.15) is 15.9 Å². The van der Waals surface area contributed by atoms with Crippen LogP contribution < -0.4 is 4.90 Å². The summed E-state index contributed by atoms with van der Waals surface area (Å²) in [6.45, 7) is 5.17. The van der Waals surface area contributed by atoms with E-state index in [9.17, 15) is 4.79 Å². The molecule has 0 unspecified atom stereocenters. The van der Waals surface area contributed by atoms with E-state index in [4.69, 9.17) is 11.6 Å². The summed E-state index contributed by atoms with van der Waals surface area (Å²) >= 11 is 9.53. The van der Waals surface area contributed by atoms with Crippen LogP contribution in [0.25, 0.3) is 0 Å². The van der Waals surface area contributed by atoms with Gasteiger partial charge in [-0.2, -0.15) is 0 Å². The molecule has 0 aromatic heterocycles. The van der Waals surface area contributed by atoms with Crippen LogP contribution in [0.3, 0.4) is 0 Å². The van der Waals surface area contributed by atoms with Crippen molar-refractivity contribution < 1.29 is 4.79 Å². The minimum absolute atomic E-state index is 0.0915. The van der Waals surface area contributed by atoms with Crippen molar-refractivity contribution in [3.05, 3.63) is 63.1 Å². The molecule has 0 aliphatic carbocycles. The summed E-state index contributed by atoms with van der Waals surface area (Å²) in [5.41, 5.74) is 3.10. The van der Waals surface area contributed by atoms with Gasteiger partial charge in [0.15, 0.2) is 0 Å². The Morgan fingerprint density at radius 3 is 2.52 bits per heavy atom. The third kappa shape index (κ3) is 3.70. The number of carbonyl (C=O) groups excluding carboxylic acids is 1. The lowest BCUT2D eigenvalue weighted by Crippen LogP contribution is -2.49. The third-order valence-electron chi connectivity index (χ3n) is 4.15. The SMILES string of the molecule is Cc1ccc(Cl)cc1N1CCN(C(=O)c2cccc(Br)c2)CC1. The summed E-state index contributed by atoms with van der Waals surface area (Å²) in [4.78, 5) is 16.8. The van der Waals surface area contributed by atoms with Crippen molar-refractivity contribution in [3.8, 4) is 0 Å². The maximum atomic E-state index is 12.6. The first-order valence-corrected chi connectivity index (χ1v) is 8.77. The van der Waals surface area contributed by atoms with Crippen LogP contribution in [0.5, 0.6) is 0 Å². The van der Waals surface area contributed by atoms with Crippen LogP contribution in [0.15, 0.2) is 46.9 Å². The van der Waals surface area contributed by atoms with Crippen molar-refractivity contribution in [1.82, 2.24) is 4.90 Å². The first kappa shape index (κ1) is 16.3. The van der Waals surface area contributed by atoms with E-state index in [1.165, 1.54) is 5.56 Å². The van der Waals surface area contributed by atoms with Crippen molar-refractivity contribution >= 4 is 39.1 Å². The Bertz CT molecular complexity index is 727. The highest BCUT2D eigenvalue weighted by Crippen LogP contribution is 2.25. The first-order valence-electron chi connectivity index (χ1n) is 7.60. The fraction of sp³-hybridized carbons (Fsp3) is 0.278. The predicted molar refractivity (Wildman–Crippen MR) is 98.4 cm³/mol. The molecule has 0 atom stereocenters. The minimum atomic E-state index is 0.0915. The molecule has 2 aromatic rings. The van der Waals surface area contributed by atoms with Gasteiger partial charge in [-0.15, -0.1) is 0 Å². The molecule has 0 bridgehead atoms. The molecule has 0 radical (unpaired) electrons. The third-order valence-corrected chi connectivity index (χ3v) is 4.88. The van der Waals surface area contributed by atoms with E-state index in [-0.39, 0.29) is 5.91 Å². The summed E-state index contributed by atoms with van der Waals surface area (Å²) in [6.07, 6.45) is 0. The van der Waals surface area contributed by atoms with Crippen LogP contribution in [0, 0.1) is 6.92 Å². The fourth-order valence-electron chi connectivity index (χ4n) is 2.88. The second-order valence-corrected chi connectivity index (χ2v) is 7.07. The van der Waals surface area contributed by atoms with Gasteiger partial charge < -0.3 is 9.80 Å². The van der Waals surface area contributed by atoms with E-state index in [1.807, 2.05) is 47.4 Å². The Morgan fingerprint density at radius 1 is 1.09 bits per heavy atom. The molecule has 1 fully saturated rings. The number of aryl methyl sites for hydroxylation is 1. The second-order valence-electron chi connectivity index (χ2n) is 5.72. The zero-order valence-electron chi connectivity index (χ0n) is 12.9. The highest BCUT2D eigenvalue weighted by molar-refractivity contribution is 9.10. The van der Waals surface area contributed by atoms with Gasteiger partial charge in [-0.3, -0.25) is 4.79 Å². The number of piperazine rings is 1. The number of nitrogens with zero attached hydrogens (tertiary/aromatic N) is 2. The number of halogens is 2. The molecule has 1 aliphatic rings. The first-order chi connectivity index (χ1) is 11.0. The molecule has 1 aliphatic heterocycles. The highest BCUT2D eigenvalue weighted by atomic mass is 79.9. The average molecular weight is 394 g/mol. The molecule has 120 valence electrons. The van der Waals surface area contributed by atoms with Crippen molar-refractivity contribution in [1.29, 1.82) is 0 Å². The van der Waals surface area contributed by atoms with Crippen molar-refractivity contribution in [2.75, 3.05) is 31.1 Å². The molecule has 1 amide bonds. The lowest BCUT2D eigenvalue weighted by Gasteiger charge is -2.37. The molecule has 3 rings (SSSR count). The number of benzene rings is 2. The smallest absolute Gasteiger partial charge is 0.254 e. The molecule has 1 heterocycles. The van der Waals surface area contributed by atoms with Gasteiger partial charge in [0.05, 0.1) is 0 Å². The minimum Gasteiger partial charge on any atom is -0.368 e. The summed E-state index contributed by atoms with van der Waals surface area (Å²) in [7, 11) is 0. The summed E-state index contributed by atoms with van der Waals surface area (Å²) in [5.74, 6) is 0.0915. The molecule has 0 N–H and O–H groups in total. The maximum absolute atomic E-state index is 12.6. The molecule has 0 saturated carbocycles. The van der Waals surface area contributed by atoms with E-state index < -0.39 is 0 Å². The lowest BCUT2D eigenvalue weighted by molar-refractivity contribution is 0.0746. The van der Waals surface area contributed by atoms with Gasteiger partial charge >= 0.3 is 0 Å². The van der Waals surface area contributed by atoms with Gasteiger partial charge in [-0.1, -0.05) is 39.7 Å². The van der Waals surface area contributed by atoms with Crippen molar-refractivity contribution in [2.24, 2.45) is 0 Å². The van der Waals surface area contributed by atoms with Gasteiger partial charge in [0.2, 0.25) is 0 Å². The summed E-state index contributed by atoms with van der Waals surface area (Å²) in [5, 5.41) is 0.748. The molecule has 1 saturated heterocycles. The van der Waals surface area contributed by atoms with Crippen LogP contribution in [-0.4, -0.2) is 37.0 Å². The van der Waals surface area contributed by atoms with Gasteiger partial charge in [-0.25, -0.2) is 0 Å². The topological polar surface area (TPSA) is 23.6 Å². The lowest BCUT2D eigenvalue weighted by atomic mass is 10.1. The molecule has 2 aromatic carbocycles. The molecular weight excluding hydrogens is 376 g/mol. The average Bonchev–Trinajstić information content (AvgIpc) is 2.56. The number of hydrogen-bond donors (Lipinski definition) is 0. The van der Waals surface area contributed by atoms with Crippen LogP contribution in [-0.2, 0) is 0 Å². The van der Waals surface area contributed by atoms with E-state index in [0.29, 0.717) is 0 Å². The standard InChI is InChI=1S/C18H18BrClN2O/c1-13-5-6-16(20)12-17(13)21-7-9-22(10-8-21)18(23)14-3-2-4-15(19)11-14/h2-6,11-12H,7-10H2,1H3. The van der Waals surface area contributed by atoms with Gasteiger partial charge in [0.1, 0.15) is 0 Å². The number of carbonyl (C=O) groups is 1. The summed E-state index contributed by atoms with van der Waals surface area (Å²) < 4.78 is 0.927. The Hall–Kier alpha value is -1.52. The zero-order valence-corrected chi connectivity index (χ0v) is 15.3. The summed E-state index contributed by atoms with van der Waals surface area (Å²) in [6, 6.07) is 13.5. The fourth-order valence-corrected chi connectivity index (χ4v) is 3.44. The molecule has 5 heteroatoms. The molecule has 23 heavy (non-hydrogen) atoms. The predicted octanol–water partition coefficient (Wildman–Crippen LogP) is 4.37. The Morgan fingerprint density at radius 2 is 1.83 bits per heavy atom. The number of amides is 1. The normalized spacial score (nSPS) is 14.9. The Kier molecular flexibility index (Phi) is 4.93. The van der Waals surface area contributed by atoms with Crippen LogP contribution in [0.2, 0.25) is 5.02 Å². The number of rotatable bonds is 2. The van der Waals surface area contributed by atoms with Crippen LogP contribution in [0.4, 0.5) is 5.69 Å². The largest absolute Gasteiger partial charge is 0.368 e. The molecule has 3 nitrogen and oxygen atoms in total. The zero-order chi connectivity index (χ0) is 16.4. The Labute approximate surface area is 150 Å². The molecular formula is C18H18BrClN2O. The second kappa shape index (κ2) is 6.93. The number of anilines is 1. The van der Waals surface area contributed by atoms with Crippen molar-refractivity contribution in [3.63, 3.8) is 0 Å². The number of hydrogen-bond acceptors (Lipinski definition) is 2. The maximum Gasteiger partial charge on any atom is 0.254 e. The van der Waals surface area contributed by atoms with Gasteiger partial charge in [0, 0.05) is 46.9 Å².